The molecule has 0 spiro atoms. The third-order valence-corrected chi connectivity index (χ3v) is 4.26. The van der Waals surface area contributed by atoms with Crippen molar-refractivity contribution in [2.45, 2.75) is 31.9 Å². The van der Waals surface area contributed by atoms with Gasteiger partial charge in [-0.3, -0.25) is 9.58 Å². The van der Waals surface area contributed by atoms with E-state index in [2.05, 4.69) is 26.9 Å². The molecule has 1 aliphatic rings. The summed E-state index contributed by atoms with van der Waals surface area (Å²) in [7, 11) is 3.64. The number of piperidine rings is 1. The summed E-state index contributed by atoms with van der Waals surface area (Å²) in [5.41, 5.74) is 6.71. The van der Waals surface area contributed by atoms with E-state index in [4.69, 9.17) is 10.5 Å². The molecule has 0 aliphatic carbocycles. The largest absolute Gasteiger partial charge is 0.383 e. The maximum atomic E-state index is 6.01. The number of nitrogen functional groups attached to an aromatic ring is 1. The molecule has 21 heavy (non-hydrogen) atoms. The van der Waals surface area contributed by atoms with Crippen LogP contribution in [0, 0.1) is 0 Å². The van der Waals surface area contributed by atoms with Crippen molar-refractivity contribution in [1.29, 1.82) is 0 Å². The number of ether oxygens (including phenoxy) is 1. The maximum Gasteiger partial charge on any atom is 0.163 e. The molecule has 0 saturated carbocycles. The van der Waals surface area contributed by atoms with E-state index in [0.717, 1.165) is 42.8 Å². The lowest BCUT2D eigenvalue weighted by molar-refractivity contribution is -0.0531. The lowest BCUT2D eigenvalue weighted by atomic mass is 9.95. The van der Waals surface area contributed by atoms with Crippen LogP contribution >= 0.6 is 0 Å². The second-order valence-electron chi connectivity index (χ2n) is 6.00. The quantitative estimate of drug-likeness (QED) is 0.906. The Morgan fingerprint density at radius 3 is 3.00 bits per heavy atom. The molecule has 2 aromatic rings. The van der Waals surface area contributed by atoms with E-state index in [1.807, 2.05) is 7.05 Å². The predicted octanol–water partition coefficient (Wildman–Crippen LogP) is 0.946. The standard InChI is InChI=1S/C14H22N6O/c1-14(21-3)5-4-6-20(9-14)8-11-17-12(15)10-7-16-19(2)13(10)18-11/h7H,4-6,8-9H2,1-3H3,(H2,15,17,18). The van der Waals surface area contributed by atoms with Crippen LogP contribution in [-0.2, 0) is 18.3 Å². The summed E-state index contributed by atoms with van der Waals surface area (Å²) in [4.78, 5) is 11.3. The van der Waals surface area contributed by atoms with E-state index < -0.39 is 0 Å². The number of methoxy groups -OCH3 is 1. The number of likely N-dealkylation sites (tertiary alicyclic amines) is 1. The number of hydrogen-bond acceptors (Lipinski definition) is 6. The molecule has 0 bridgehead atoms. The summed E-state index contributed by atoms with van der Waals surface area (Å²) in [5.74, 6) is 1.23. The maximum absolute atomic E-state index is 6.01. The van der Waals surface area contributed by atoms with E-state index in [1.165, 1.54) is 0 Å². The van der Waals surface area contributed by atoms with Gasteiger partial charge in [0.2, 0.25) is 0 Å². The van der Waals surface area contributed by atoms with Crippen LogP contribution in [0.1, 0.15) is 25.6 Å². The SMILES string of the molecule is COC1(C)CCCN(Cc2nc(N)c3cnn(C)c3n2)C1. The summed E-state index contributed by atoms with van der Waals surface area (Å²) in [6, 6.07) is 0. The Morgan fingerprint density at radius 2 is 2.24 bits per heavy atom. The van der Waals surface area contributed by atoms with E-state index in [-0.39, 0.29) is 5.60 Å². The summed E-state index contributed by atoms with van der Waals surface area (Å²) < 4.78 is 7.35. The summed E-state index contributed by atoms with van der Waals surface area (Å²) in [5, 5.41) is 4.99. The molecule has 2 aromatic heterocycles. The monoisotopic (exact) mass is 290 g/mol. The van der Waals surface area contributed by atoms with Gasteiger partial charge in [-0.2, -0.15) is 5.10 Å². The van der Waals surface area contributed by atoms with Crippen LogP contribution in [0.2, 0.25) is 0 Å². The number of hydrogen-bond donors (Lipinski definition) is 1. The van der Waals surface area contributed by atoms with Gasteiger partial charge in [-0.05, 0) is 26.3 Å². The highest BCUT2D eigenvalue weighted by atomic mass is 16.5. The lowest BCUT2D eigenvalue weighted by Crippen LogP contribution is -2.47. The summed E-state index contributed by atoms with van der Waals surface area (Å²) in [6.07, 6.45) is 3.91. The van der Waals surface area contributed by atoms with Crippen LogP contribution in [0.3, 0.4) is 0 Å². The van der Waals surface area contributed by atoms with Crippen molar-refractivity contribution in [3.63, 3.8) is 0 Å². The molecule has 3 rings (SSSR count). The zero-order valence-corrected chi connectivity index (χ0v) is 12.8. The van der Waals surface area contributed by atoms with Gasteiger partial charge in [0.15, 0.2) is 5.65 Å². The molecule has 0 amide bonds. The first-order valence-electron chi connectivity index (χ1n) is 7.22. The van der Waals surface area contributed by atoms with Gasteiger partial charge in [0.05, 0.1) is 23.7 Å². The molecule has 7 heteroatoms. The molecule has 1 aliphatic heterocycles. The van der Waals surface area contributed by atoms with Crippen molar-refractivity contribution in [3.8, 4) is 0 Å². The van der Waals surface area contributed by atoms with Crippen LogP contribution in [0.4, 0.5) is 5.82 Å². The highest BCUT2D eigenvalue weighted by Crippen LogP contribution is 2.25. The molecule has 1 atom stereocenters. The smallest absolute Gasteiger partial charge is 0.163 e. The van der Waals surface area contributed by atoms with Gasteiger partial charge in [0.1, 0.15) is 11.6 Å². The molecule has 7 nitrogen and oxygen atoms in total. The van der Waals surface area contributed by atoms with Crippen molar-refractivity contribution in [2.75, 3.05) is 25.9 Å². The van der Waals surface area contributed by atoms with Crippen LogP contribution in [0.5, 0.6) is 0 Å². The first kappa shape index (κ1) is 14.2. The number of aromatic nitrogens is 4. The van der Waals surface area contributed by atoms with Crippen LogP contribution < -0.4 is 5.73 Å². The second kappa shape index (κ2) is 5.23. The fraction of sp³-hybridized carbons (Fsp3) is 0.643. The number of nitrogens with two attached hydrogens (primary N) is 1. The van der Waals surface area contributed by atoms with Crippen LogP contribution in [0.15, 0.2) is 6.20 Å². The van der Waals surface area contributed by atoms with Gasteiger partial charge in [0.25, 0.3) is 0 Å². The van der Waals surface area contributed by atoms with E-state index >= 15 is 0 Å². The first-order valence-corrected chi connectivity index (χ1v) is 7.22. The number of aryl methyl sites for hydroxylation is 1. The lowest BCUT2D eigenvalue weighted by Gasteiger charge is -2.39. The molecule has 1 unspecified atom stereocenters. The minimum atomic E-state index is -0.0829. The summed E-state index contributed by atoms with van der Waals surface area (Å²) >= 11 is 0. The van der Waals surface area contributed by atoms with Crippen molar-refractivity contribution in [1.82, 2.24) is 24.6 Å². The Hall–Kier alpha value is -1.73. The Labute approximate surface area is 124 Å². The van der Waals surface area contributed by atoms with Crippen LogP contribution in [-0.4, -0.2) is 50.4 Å². The van der Waals surface area contributed by atoms with E-state index in [1.54, 1.807) is 18.0 Å². The average Bonchev–Trinajstić information content (AvgIpc) is 2.81. The number of rotatable bonds is 3. The van der Waals surface area contributed by atoms with Gasteiger partial charge in [0, 0.05) is 20.7 Å². The Kier molecular flexibility index (Phi) is 3.54. The zero-order valence-electron chi connectivity index (χ0n) is 12.8. The molecule has 2 N–H and O–H groups in total. The van der Waals surface area contributed by atoms with Gasteiger partial charge in [-0.1, -0.05) is 0 Å². The molecule has 0 radical (unpaired) electrons. The summed E-state index contributed by atoms with van der Waals surface area (Å²) in [6.45, 7) is 4.75. The van der Waals surface area contributed by atoms with Crippen LogP contribution in [0.25, 0.3) is 11.0 Å². The van der Waals surface area contributed by atoms with Gasteiger partial charge in [-0.15, -0.1) is 0 Å². The van der Waals surface area contributed by atoms with Crippen molar-refractivity contribution in [3.05, 3.63) is 12.0 Å². The zero-order chi connectivity index (χ0) is 15.0. The Morgan fingerprint density at radius 1 is 1.43 bits per heavy atom. The number of anilines is 1. The third kappa shape index (κ3) is 2.71. The highest BCUT2D eigenvalue weighted by molar-refractivity contribution is 5.84. The molecule has 1 saturated heterocycles. The Bertz CT molecular complexity index is 654. The fourth-order valence-electron chi connectivity index (χ4n) is 2.97. The minimum Gasteiger partial charge on any atom is -0.383 e. The van der Waals surface area contributed by atoms with Crippen molar-refractivity contribution >= 4 is 16.9 Å². The highest BCUT2D eigenvalue weighted by Gasteiger charge is 2.31. The molecule has 1 fully saturated rings. The minimum absolute atomic E-state index is 0.0829. The Balaban J connectivity index is 1.83. The van der Waals surface area contributed by atoms with Gasteiger partial charge >= 0.3 is 0 Å². The molecule has 0 aromatic carbocycles. The topological polar surface area (TPSA) is 82.1 Å². The number of fused-ring (bicyclic) bond motifs is 1. The molecular formula is C14H22N6O. The van der Waals surface area contributed by atoms with Crippen molar-refractivity contribution in [2.24, 2.45) is 7.05 Å². The molecule has 114 valence electrons. The second-order valence-corrected chi connectivity index (χ2v) is 6.00. The fourth-order valence-corrected chi connectivity index (χ4v) is 2.97. The van der Waals surface area contributed by atoms with Crippen molar-refractivity contribution < 1.29 is 4.74 Å². The first-order chi connectivity index (χ1) is 10.0. The van der Waals surface area contributed by atoms with Gasteiger partial charge in [-0.25, -0.2) is 9.97 Å². The van der Waals surface area contributed by atoms with E-state index in [0.29, 0.717) is 12.4 Å². The average molecular weight is 290 g/mol. The number of nitrogens with zero attached hydrogens (tertiary/aromatic N) is 5. The van der Waals surface area contributed by atoms with Gasteiger partial charge < -0.3 is 10.5 Å². The van der Waals surface area contributed by atoms with E-state index in [9.17, 15) is 0 Å². The predicted molar refractivity (Wildman–Crippen MR) is 80.6 cm³/mol. The molecule has 3 heterocycles. The normalized spacial score (nSPS) is 23.8. The molecular weight excluding hydrogens is 268 g/mol. The third-order valence-electron chi connectivity index (χ3n) is 4.26.